The van der Waals surface area contributed by atoms with Gasteiger partial charge in [-0.2, -0.15) is 0 Å². The Bertz CT molecular complexity index is 278. The Balaban J connectivity index is 4.87. The number of carbonyl (C=O) groups is 1. The van der Waals surface area contributed by atoms with Crippen molar-refractivity contribution < 1.29 is 18.4 Å². The molecule has 0 aliphatic heterocycles. The Morgan fingerprint density at radius 3 is 2.06 bits per heavy atom. The van der Waals surface area contributed by atoms with E-state index in [-0.39, 0.29) is 19.1 Å². The lowest BCUT2D eigenvalue weighted by molar-refractivity contribution is -0.117. The molecule has 0 radical (unpaired) electrons. The van der Waals surface area contributed by atoms with Crippen molar-refractivity contribution in [2.24, 2.45) is 11.8 Å². The second-order valence-corrected chi connectivity index (χ2v) is 5.51. The molecule has 0 fully saturated rings. The summed E-state index contributed by atoms with van der Waals surface area (Å²) in [5.41, 5.74) is -0.469. The van der Waals surface area contributed by atoms with Crippen LogP contribution in [0.25, 0.3) is 0 Å². The third-order valence-electron chi connectivity index (χ3n) is 2.42. The summed E-state index contributed by atoms with van der Waals surface area (Å²) in [6.07, 6.45) is 1.66. The first-order valence-electron chi connectivity index (χ1n) is 5.49. The zero-order valence-corrected chi connectivity index (χ0v) is 11.3. The Morgan fingerprint density at radius 1 is 1.31 bits per heavy atom. The molecule has 0 spiro atoms. The van der Waals surface area contributed by atoms with Crippen molar-refractivity contribution in [3.63, 3.8) is 0 Å². The Kier molecular flexibility index (Phi) is 6.81. The van der Waals surface area contributed by atoms with E-state index >= 15 is 0 Å². The molecule has 94 valence electrons. The van der Waals surface area contributed by atoms with Gasteiger partial charge in [-0.1, -0.05) is 19.9 Å². The zero-order chi connectivity index (χ0) is 12.8. The van der Waals surface area contributed by atoms with E-state index in [9.17, 15) is 9.36 Å². The molecule has 0 unspecified atom stereocenters. The lowest BCUT2D eigenvalue weighted by Crippen LogP contribution is -2.20. The molecule has 2 atom stereocenters. The average molecular weight is 248 g/mol. The predicted octanol–water partition coefficient (Wildman–Crippen LogP) is 3.24. The molecule has 5 heteroatoms. The number of carbonyl (C=O) groups excluding carboxylic acids is 1. The second kappa shape index (κ2) is 7.00. The van der Waals surface area contributed by atoms with E-state index in [1.807, 2.05) is 6.92 Å². The number of hydrogen-bond acceptors (Lipinski definition) is 4. The molecule has 16 heavy (non-hydrogen) atoms. The summed E-state index contributed by atoms with van der Waals surface area (Å²) in [6, 6.07) is 0. The van der Waals surface area contributed by atoms with Gasteiger partial charge >= 0.3 is 7.60 Å². The topological polar surface area (TPSA) is 52.6 Å². The summed E-state index contributed by atoms with van der Waals surface area (Å²) in [6.45, 7) is 10.9. The maximum atomic E-state index is 12.1. The summed E-state index contributed by atoms with van der Waals surface area (Å²) in [7, 11) is -3.62. The molecule has 0 rings (SSSR count). The van der Waals surface area contributed by atoms with Crippen molar-refractivity contribution in [2.45, 2.75) is 27.7 Å². The zero-order valence-electron chi connectivity index (χ0n) is 10.4. The van der Waals surface area contributed by atoms with Crippen molar-refractivity contribution in [1.82, 2.24) is 0 Å². The van der Waals surface area contributed by atoms with Crippen molar-refractivity contribution >= 4 is 13.1 Å². The van der Waals surface area contributed by atoms with Crippen molar-refractivity contribution in [3.8, 4) is 0 Å². The molecule has 0 saturated heterocycles. The smallest absolute Gasteiger partial charge is 0.303 e. The van der Waals surface area contributed by atoms with Gasteiger partial charge in [0.2, 0.25) is 5.52 Å². The fraction of sp³-hybridized carbons (Fsp3) is 0.727. The van der Waals surface area contributed by atoms with Crippen molar-refractivity contribution in [1.29, 1.82) is 0 Å². The van der Waals surface area contributed by atoms with Gasteiger partial charge in [0.25, 0.3) is 0 Å². The maximum absolute atomic E-state index is 12.1. The molecule has 0 amide bonds. The van der Waals surface area contributed by atoms with Gasteiger partial charge in [-0.05, 0) is 19.8 Å². The molecule has 0 aromatic carbocycles. The molecule has 0 N–H and O–H groups in total. The highest BCUT2D eigenvalue weighted by atomic mass is 31.2. The number of allylic oxidation sites excluding steroid dienone is 1. The maximum Gasteiger partial charge on any atom is 0.396 e. The van der Waals surface area contributed by atoms with Gasteiger partial charge in [0.1, 0.15) is 0 Å². The minimum absolute atomic E-state index is 0.0539. The van der Waals surface area contributed by atoms with Crippen LogP contribution in [0.2, 0.25) is 0 Å². The van der Waals surface area contributed by atoms with Gasteiger partial charge < -0.3 is 9.05 Å². The van der Waals surface area contributed by atoms with Crippen LogP contribution in [0, 0.1) is 11.8 Å². The van der Waals surface area contributed by atoms with E-state index < -0.39 is 19.0 Å². The molecule has 0 aromatic rings. The highest BCUT2D eigenvalue weighted by molar-refractivity contribution is 7.71. The van der Waals surface area contributed by atoms with E-state index in [2.05, 4.69) is 6.58 Å². The minimum atomic E-state index is -3.62. The quantitative estimate of drug-likeness (QED) is 0.488. The molecule has 0 saturated carbocycles. The van der Waals surface area contributed by atoms with Gasteiger partial charge in [0.05, 0.1) is 13.2 Å². The lowest BCUT2D eigenvalue weighted by atomic mass is 9.98. The van der Waals surface area contributed by atoms with Crippen molar-refractivity contribution in [3.05, 3.63) is 12.7 Å². The molecule has 0 aliphatic carbocycles. The average Bonchev–Trinajstić information content (AvgIpc) is 2.26. The number of hydrogen-bond donors (Lipinski definition) is 0. The lowest BCUT2D eigenvalue weighted by Gasteiger charge is -2.21. The van der Waals surface area contributed by atoms with Crippen LogP contribution < -0.4 is 0 Å². The SMILES string of the molecule is C=C[C@@H](C)[C@@H](C)C(=O)P(=O)(OCC)OCC. The fourth-order valence-electron chi connectivity index (χ4n) is 1.18. The summed E-state index contributed by atoms with van der Waals surface area (Å²) >= 11 is 0. The summed E-state index contributed by atoms with van der Waals surface area (Å²) < 4.78 is 22.1. The normalized spacial score (nSPS) is 15.5. The summed E-state index contributed by atoms with van der Waals surface area (Å²) in [4.78, 5) is 12.0. The van der Waals surface area contributed by atoms with E-state index in [4.69, 9.17) is 9.05 Å². The minimum Gasteiger partial charge on any atom is -0.303 e. The Morgan fingerprint density at radius 2 is 1.75 bits per heavy atom. The van der Waals surface area contributed by atoms with E-state index in [1.54, 1.807) is 26.8 Å². The largest absolute Gasteiger partial charge is 0.396 e. The van der Waals surface area contributed by atoms with Crippen LogP contribution in [0.15, 0.2) is 12.7 Å². The first-order chi connectivity index (χ1) is 7.42. The van der Waals surface area contributed by atoms with Crippen molar-refractivity contribution in [2.75, 3.05) is 13.2 Å². The summed E-state index contributed by atoms with van der Waals surface area (Å²) in [5.74, 6) is -0.469. The monoisotopic (exact) mass is 248 g/mol. The van der Waals surface area contributed by atoms with E-state index in [0.29, 0.717) is 0 Å². The molecular formula is C11H21O4P. The first kappa shape index (κ1) is 15.6. The third-order valence-corrected chi connectivity index (χ3v) is 4.56. The Labute approximate surface area is 97.6 Å². The third kappa shape index (κ3) is 3.85. The van der Waals surface area contributed by atoms with Crippen LogP contribution in [0.3, 0.4) is 0 Å². The van der Waals surface area contributed by atoms with Crippen LogP contribution in [0.4, 0.5) is 0 Å². The molecule has 0 aliphatic rings. The molecule has 4 nitrogen and oxygen atoms in total. The highest BCUT2D eigenvalue weighted by Crippen LogP contribution is 2.51. The van der Waals surface area contributed by atoms with Gasteiger partial charge in [0.15, 0.2) is 0 Å². The fourth-order valence-corrected chi connectivity index (χ4v) is 2.93. The molecule has 0 bridgehead atoms. The van der Waals surface area contributed by atoms with Gasteiger partial charge in [-0.3, -0.25) is 9.36 Å². The van der Waals surface area contributed by atoms with Crippen LogP contribution in [-0.2, 0) is 18.4 Å². The predicted molar refractivity (Wildman–Crippen MR) is 64.4 cm³/mol. The van der Waals surface area contributed by atoms with E-state index in [1.165, 1.54) is 0 Å². The Hall–Kier alpha value is -0.440. The summed E-state index contributed by atoms with van der Waals surface area (Å²) in [5, 5.41) is 0. The van der Waals surface area contributed by atoms with Crippen LogP contribution in [-0.4, -0.2) is 18.7 Å². The van der Waals surface area contributed by atoms with Crippen LogP contribution in [0.5, 0.6) is 0 Å². The standard InChI is InChI=1S/C11H21O4P/c1-6-9(4)10(5)11(12)16(13,14-7-2)15-8-3/h6,9-10H,1,7-8H2,2-5H3/t9-,10-/m1/s1. The van der Waals surface area contributed by atoms with Crippen LogP contribution >= 0.6 is 7.60 Å². The second-order valence-electron chi connectivity index (χ2n) is 3.55. The van der Waals surface area contributed by atoms with Gasteiger partial charge in [0, 0.05) is 5.92 Å². The molecule has 0 aromatic heterocycles. The highest BCUT2D eigenvalue weighted by Gasteiger charge is 2.38. The van der Waals surface area contributed by atoms with Gasteiger partial charge in [-0.15, -0.1) is 6.58 Å². The number of rotatable bonds is 8. The van der Waals surface area contributed by atoms with Crippen LogP contribution in [0.1, 0.15) is 27.7 Å². The van der Waals surface area contributed by atoms with Gasteiger partial charge in [-0.25, -0.2) is 0 Å². The van der Waals surface area contributed by atoms with E-state index in [0.717, 1.165) is 0 Å². The molecular weight excluding hydrogens is 227 g/mol. The first-order valence-corrected chi connectivity index (χ1v) is 7.03. The molecule has 0 heterocycles.